The van der Waals surface area contributed by atoms with Gasteiger partial charge in [0.2, 0.25) is 0 Å². The predicted molar refractivity (Wildman–Crippen MR) is 92.6 cm³/mol. The maximum atomic E-state index is 11.6. The van der Waals surface area contributed by atoms with E-state index in [2.05, 4.69) is 20.9 Å². The molecule has 0 atom stereocenters. The van der Waals surface area contributed by atoms with E-state index in [-0.39, 0.29) is 12.1 Å². The molecular formula is C17H20N4O3. The Morgan fingerprint density at radius 2 is 1.92 bits per heavy atom. The first-order chi connectivity index (χ1) is 11.5. The van der Waals surface area contributed by atoms with Gasteiger partial charge in [-0.05, 0) is 44.2 Å². The van der Waals surface area contributed by atoms with Crippen molar-refractivity contribution in [1.82, 2.24) is 10.3 Å². The molecule has 1 aromatic carbocycles. The highest BCUT2D eigenvalue weighted by atomic mass is 16.5. The second-order valence-electron chi connectivity index (χ2n) is 5.38. The van der Waals surface area contributed by atoms with E-state index in [1.165, 1.54) is 7.11 Å². The fourth-order valence-electron chi connectivity index (χ4n) is 1.96. The molecule has 1 heterocycles. The second-order valence-corrected chi connectivity index (χ2v) is 5.38. The van der Waals surface area contributed by atoms with Gasteiger partial charge in [0, 0.05) is 11.7 Å². The summed E-state index contributed by atoms with van der Waals surface area (Å²) in [4.78, 5) is 27.3. The number of hydrogen-bond acceptors (Lipinski definition) is 5. The van der Waals surface area contributed by atoms with Gasteiger partial charge in [0.05, 0.1) is 24.6 Å². The van der Waals surface area contributed by atoms with Crippen molar-refractivity contribution in [3.8, 4) is 0 Å². The van der Waals surface area contributed by atoms with Crippen LogP contribution in [0.1, 0.15) is 24.2 Å². The number of nitrogens with zero attached hydrogens (tertiary/aromatic N) is 1. The number of hydrogen-bond donors (Lipinski definition) is 3. The summed E-state index contributed by atoms with van der Waals surface area (Å²) in [6.07, 6.45) is 1.59. The number of pyridine rings is 1. The Balaban J connectivity index is 2.01. The van der Waals surface area contributed by atoms with Gasteiger partial charge in [0.25, 0.3) is 0 Å². The summed E-state index contributed by atoms with van der Waals surface area (Å²) in [7, 11) is 1.34. The molecule has 3 N–H and O–H groups in total. The first-order valence-corrected chi connectivity index (χ1v) is 7.47. The fourth-order valence-corrected chi connectivity index (χ4v) is 1.96. The Hall–Kier alpha value is -3.09. The zero-order chi connectivity index (χ0) is 17.5. The molecule has 0 saturated carbocycles. The van der Waals surface area contributed by atoms with Crippen LogP contribution < -0.4 is 16.0 Å². The molecule has 2 rings (SSSR count). The lowest BCUT2D eigenvalue weighted by molar-refractivity contribution is 0.0600. The van der Waals surface area contributed by atoms with Gasteiger partial charge < -0.3 is 15.4 Å². The molecule has 0 saturated heterocycles. The first-order valence-electron chi connectivity index (χ1n) is 7.47. The maximum Gasteiger partial charge on any atom is 0.337 e. The third-order valence-electron chi connectivity index (χ3n) is 3.00. The van der Waals surface area contributed by atoms with Crippen LogP contribution in [0.5, 0.6) is 0 Å². The van der Waals surface area contributed by atoms with Gasteiger partial charge >= 0.3 is 12.0 Å². The molecule has 0 fully saturated rings. The molecule has 1 aromatic heterocycles. The number of carbonyl (C=O) groups is 2. The number of esters is 1. The molecule has 0 aliphatic carbocycles. The van der Waals surface area contributed by atoms with Gasteiger partial charge in [0.15, 0.2) is 0 Å². The minimum absolute atomic E-state index is 0.0491. The highest BCUT2D eigenvalue weighted by molar-refractivity contribution is 5.90. The second kappa shape index (κ2) is 7.96. The molecule has 126 valence electrons. The number of methoxy groups -OCH3 is 1. The summed E-state index contributed by atoms with van der Waals surface area (Å²) in [6.45, 7) is 3.75. The molecule has 0 aliphatic rings. The van der Waals surface area contributed by atoms with Crippen molar-refractivity contribution < 1.29 is 14.3 Å². The third-order valence-corrected chi connectivity index (χ3v) is 3.00. The molecular weight excluding hydrogens is 308 g/mol. The Morgan fingerprint density at radius 3 is 2.54 bits per heavy atom. The van der Waals surface area contributed by atoms with Gasteiger partial charge in [-0.25, -0.2) is 14.6 Å². The van der Waals surface area contributed by atoms with Crippen LogP contribution in [0.15, 0.2) is 42.6 Å². The van der Waals surface area contributed by atoms with Crippen molar-refractivity contribution in [1.29, 1.82) is 0 Å². The highest BCUT2D eigenvalue weighted by Gasteiger charge is 2.07. The number of amides is 2. The number of carbonyl (C=O) groups excluding carboxylic acids is 2. The number of anilines is 3. The van der Waals surface area contributed by atoms with Gasteiger partial charge in [-0.2, -0.15) is 0 Å². The topological polar surface area (TPSA) is 92.4 Å². The molecule has 2 aromatic rings. The Kier molecular flexibility index (Phi) is 5.73. The number of benzene rings is 1. The van der Waals surface area contributed by atoms with Crippen molar-refractivity contribution in [2.24, 2.45) is 0 Å². The van der Waals surface area contributed by atoms with E-state index in [0.717, 1.165) is 11.4 Å². The van der Waals surface area contributed by atoms with E-state index in [1.807, 2.05) is 19.9 Å². The molecule has 0 unspecified atom stereocenters. The lowest BCUT2D eigenvalue weighted by Crippen LogP contribution is -2.34. The van der Waals surface area contributed by atoms with Gasteiger partial charge in [-0.3, -0.25) is 5.32 Å². The number of urea groups is 1. The number of ether oxygens (including phenoxy) is 1. The summed E-state index contributed by atoms with van der Waals surface area (Å²) in [5.41, 5.74) is 1.92. The largest absolute Gasteiger partial charge is 0.465 e. The van der Waals surface area contributed by atoms with Crippen LogP contribution in [-0.4, -0.2) is 30.1 Å². The van der Waals surface area contributed by atoms with E-state index in [9.17, 15) is 9.59 Å². The number of aromatic nitrogens is 1. The quantitative estimate of drug-likeness (QED) is 0.733. The van der Waals surface area contributed by atoms with Crippen LogP contribution in [0, 0.1) is 0 Å². The smallest absolute Gasteiger partial charge is 0.337 e. The minimum atomic E-state index is -0.396. The van der Waals surface area contributed by atoms with Crippen LogP contribution >= 0.6 is 0 Å². The molecule has 7 heteroatoms. The van der Waals surface area contributed by atoms with Crippen LogP contribution in [0.3, 0.4) is 0 Å². The zero-order valence-electron chi connectivity index (χ0n) is 13.8. The SMILES string of the molecule is COC(=O)c1cccc(Nc2ccc(NC(=O)NC(C)C)nc2)c1. The molecule has 2 amide bonds. The van der Waals surface area contributed by atoms with E-state index < -0.39 is 5.97 Å². The third kappa shape index (κ3) is 4.98. The van der Waals surface area contributed by atoms with E-state index in [1.54, 1.807) is 36.5 Å². The standard InChI is InChI=1S/C17H20N4O3/c1-11(2)19-17(23)21-15-8-7-14(10-18-15)20-13-6-4-5-12(9-13)16(22)24-3/h4-11,20H,1-3H3,(H2,18,19,21,23). The van der Waals surface area contributed by atoms with Gasteiger partial charge in [-0.1, -0.05) is 6.07 Å². The molecule has 0 aliphatic heterocycles. The first kappa shape index (κ1) is 17.3. The number of nitrogens with one attached hydrogen (secondary N) is 3. The van der Waals surface area contributed by atoms with Crippen LogP contribution in [0.25, 0.3) is 0 Å². The summed E-state index contributed by atoms with van der Waals surface area (Å²) in [5.74, 6) is 0.0505. The van der Waals surface area contributed by atoms with Crippen LogP contribution in [0.2, 0.25) is 0 Å². The van der Waals surface area contributed by atoms with Crippen LogP contribution in [0.4, 0.5) is 22.0 Å². The van der Waals surface area contributed by atoms with Crippen molar-refractivity contribution >= 4 is 29.2 Å². The van der Waals surface area contributed by atoms with Crippen molar-refractivity contribution in [2.75, 3.05) is 17.7 Å². The lowest BCUT2D eigenvalue weighted by atomic mass is 10.2. The highest BCUT2D eigenvalue weighted by Crippen LogP contribution is 2.18. The summed E-state index contributed by atoms with van der Waals surface area (Å²) in [6, 6.07) is 10.2. The van der Waals surface area contributed by atoms with Crippen molar-refractivity contribution in [3.05, 3.63) is 48.2 Å². The number of rotatable bonds is 5. The Morgan fingerprint density at radius 1 is 1.12 bits per heavy atom. The molecule has 24 heavy (non-hydrogen) atoms. The monoisotopic (exact) mass is 328 g/mol. The summed E-state index contributed by atoms with van der Waals surface area (Å²) < 4.78 is 4.70. The van der Waals surface area contributed by atoms with E-state index in [4.69, 9.17) is 4.74 Å². The lowest BCUT2D eigenvalue weighted by Gasteiger charge is -2.11. The molecule has 0 radical (unpaired) electrons. The normalized spacial score (nSPS) is 10.2. The van der Waals surface area contributed by atoms with Crippen molar-refractivity contribution in [2.45, 2.75) is 19.9 Å². The molecule has 0 spiro atoms. The summed E-state index contributed by atoms with van der Waals surface area (Å²) in [5, 5.41) is 8.50. The van der Waals surface area contributed by atoms with Gasteiger partial charge in [-0.15, -0.1) is 0 Å². The van der Waals surface area contributed by atoms with E-state index in [0.29, 0.717) is 11.4 Å². The molecule has 7 nitrogen and oxygen atoms in total. The summed E-state index contributed by atoms with van der Waals surface area (Å²) >= 11 is 0. The average molecular weight is 328 g/mol. The Labute approximate surface area is 140 Å². The fraction of sp³-hybridized carbons (Fsp3) is 0.235. The zero-order valence-corrected chi connectivity index (χ0v) is 13.8. The van der Waals surface area contributed by atoms with Crippen LogP contribution in [-0.2, 0) is 4.74 Å². The van der Waals surface area contributed by atoms with Gasteiger partial charge in [0.1, 0.15) is 5.82 Å². The average Bonchev–Trinajstić information content (AvgIpc) is 2.55. The Bertz CT molecular complexity index is 714. The predicted octanol–water partition coefficient (Wildman–Crippen LogP) is 3.14. The minimum Gasteiger partial charge on any atom is -0.465 e. The maximum absolute atomic E-state index is 11.6. The van der Waals surface area contributed by atoms with Crippen molar-refractivity contribution in [3.63, 3.8) is 0 Å². The molecule has 0 bridgehead atoms. The van der Waals surface area contributed by atoms with E-state index >= 15 is 0 Å².